The van der Waals surface area contributed by atoms with E-state index in [9.17, 15) is 0 Å². The van der Waals surface area contributed by atoms with Crippen molar-refractivity contribution >= 4 is 5.96 Å². The van der Waals surface area contributed by atoms with Gasteiger partial charge in [-0.15, -0.1) is 0 Å². The monoisotopic (exact) mass is 366 g/mol. The Bertz CT molecular complexity index is 794. The van der Waals surface area contributed by atoms with Gasteiger partial charge in [0.05, 0.1) is 6.54 Å². The van der Waals surface area contributed by atoms with E-state index in [4.69, 9.17) is 0 Å². The number of guanidine groups is 1. The Morgan fingerprint density at radius 2 is 2.07 bits per heavy atom. The van der Waals surface area contributed by atoms with Gasteiger partial charge >= 0.3 is 0 Å². The molecule has 2 heterocycles. The van der Waals surface area contributed by atoms with E-state index in [-0.39, 0.29) is 0 Å². The first-order valence-corrected chi connectivity index (χ1v) is 10.1. The molecule has 3 atom stereocenters. The van der Waals surface area contributed by atoms with Gasteiger partial charge in [0, 0.05) is 31.5 Å². The average molecular weight is 367 g/mol. The zero-order valence-electron chi connectivity index (χ0n) is 16.5. The van der Waals surface area contributed by atoms with E-state index >= 15 is 0 Å². The number of hydrogen-bond donors (Lipinski definition) is 2. The van der Waals surface area contributed by atoms with Crippen LogP contribution in [0.25, 0.3) is 0 Å². The van der Waals surface area contributed by atoms with Gasteiger partial charge in [-0.2, -0.15) is 5.10 Å². The van der Waals surface area contributed by atoms with Crippen LogP contribution < -0.4 is 10.6 Å². The van der Waals surface area contributed by atoms with Crippen molar-refractivity contribution in [1.82, 2.24) is 25.4 Å². The number of nitrogens with zero attached hydrogens (tertiary/aromatic N) is 4. The summed E-state index contributed by atoms with van der Waals surface area (Å²) in [4.78, 5) is 9.11. The van der Waals surface area contributed by atoms with Crippen LogP contribution in [0.5, 0.6) is 0 Å². The molecule has 2 aromatic rings. The van der Waals surface area contributed by atoms with Crippen LogP contribution in [-0.4, -0.2) is 39.9 Å². The van der Waals surface area contributed by atoms with Crippen molar-refractivity contribution in [3.63, 3.8) is 0 Å². The predicted octanol–water partition coefficient (Wildman–Crippen LogP) is 2.51. The first-order valence-electron chi connectivity index (χ1n) is 10.1. The maximum absolute atomic E-state index is 4.67. The zero-order valence-corrected chi connectivity index (χ0v) is 16.5. The van der Waals surface area contributed by atoms with Crippen molar-refractivity contribution in [2.24, 2.45) is 10.9 Å². The number of aryl methyl sites for hydroxylation is 1. The summed E-state index contributed by atoms with van der Waals surface area (Å²) in [6.07, 6.45) is 4.38. The van der Waals surface area contributed by atoms with Gasteiger partial charge in [0.1, 0.15) is 5.82 Å². The van der Waals surface area contributed by atoms with Gasteiger partial charge in [-0.1, -0.05) is 44.2 Å². The highest BCUT2D eigenvalue weighted by Crippen LogP contribution is 2.33. The van der Waals surface area contributed by atoms with Crippen LogP contribution in [0.3, 0.4) is 0 Å². The summed E-state index contributed by atoms with van der Waals surface area (Å²) in [5.74, 6) is 4.06. The Kier molecular flexibility index (Phi) is 5.14. The minimum atomic E-state index is 0.344. The largest absolute Gasteiger partial charge is 0.353 e. The maximum Gasteiger partial charge on any atom is 0.191 e. The third-order valence-electron chi connectivity index (χ3n) is 5.54. The van der Waals surface area contributed by atoms with Crippen molar-refractivity contribution in [3.8, 4) is 0 Å². The van der Waals surface area contributed by atoms with E-state index in [0.29, 0.717) is 23.9 Å². The van der Waals surface area contributed by atoms with Crippen molar-refractivity contribution in [2.45, 2.75) is 64.1 Å². The number of fused-ring (bicyclic) bond motifs is 1. The molecule has 1 aliphatic heterocycles. The Balaban J connectivity index is 1.29. The van der Waals surface area contributed by atoms with E-state index in [1.807, 2.05) is 7.05 Å². The zero-order chi connectivity index (χ0) is 18.8. The first-order chi connectivity index (χ1) is 13.1. The molecule has 3 unspecified atom stereocenters. The lowest BCUT2D eigenvalue weighted by Gasteiger charge is -2.25. The molecule has 1 aromatic carbocycles. The number of nitrogens with one attached hydrogen (secondary N) is 2. The fourth-order valence-electron chi connectivity index (χ4n) is 3.80. The SMILES string of the molecule is CN=C(NC1CCc2nc(C(C)C)nn2C1)NC1CC1Cc1ccccc1. The molecule has 2 N–H and O–H groups in total. The smallest absolute Gasteiger partial charge is 0.191 e. The normalized spacial score (nSPS) is 24.6. The van der Waals surface area contributed by atoms with Gasteiger partial charge in [-0.25, -0.2) is 9.67 Å². The lowest BCUT2D eigenvalue weighted by molar-refractivity contribution is 0.391. The van der Waals surface area contributed by atoms with Crippen LogP contribution in [-0.2, 0) is 19.4 Å². The van der Waals surface area contributed by atoms with Crippen molar-refractivity contribution in [1.29, 1.82) is 0 Å². The van der Waals surface area contributed by atoms with E-state index in [1.54, 1.807) is 0 Å². The third-order valence-corrected chi connectivity index (χ3v) is 5.54. The molecule has 6 nitrogen and oxygen atoms in total. The molecule has 1 fully saturated rings. The van der Waals surface area contributed by atoms with Gasteiger partial charge in [-0.05, 0) is 30.7 Å². The van der Waals surface area contributed by atoms with E-state index in [0.717, 1.165) is 43.4 Å². The second kappa shape index (κ2) is 7.71. The molecule has 144 valence electrons. The van der Waals surface area contributed by atoms with E-state index < -0.39 is 0 Å². The lowest BCUT2D eigenvalue weighted by atomic mass is 10.1. The Morgan fingerprint density at radius 1 is 1.26 bits per heavy atom. The second-order valence-electron chi connectivity index (χ2n) is 8.11. The quantitative estimate of drug-likeness (QED) is 0.630. The van der Waals surface area contributed by atoms with Crippen molar-refractivity contribution in [3.05, 3.63) is 47.5 Å². The number of rotatable bonds is 5. The van der Waals surface area contributed by atoms with Gasteiger partial charge in [0.2, 0.25) is 0 Å². The fraction of sp³-hybridized carbons (Fsp3) is 0.571. The first kappa shape index (κ1) is 18.0. The highest BCUT2D eigenvalue weighted by molar-refractivity contribution is 5.80. The minimum Gasteiger partial charge on any atom is -0.353 e. The third kappa shape index (κ3) is 4.31. The maximum atomic E-state index is 4.67. The minimum absolute atomic E-state index is 0.344. The lowest BCUT2D eigenvalue weighted by Crippen LogP contribution is -2.48. The molecule has 0 radical (unpaired) electrons. The number of hydrogen-bond acceptors (Lipinski definition) is 3. The van der Waals surface area contributed by atoms with Crippen LogP contribution in [0.1, 0.15) is 49.8 Å². The summed E-state index contributed by atoms with van der Waals surface area (Å²) in [6, 6.07) is 11.6. The number of benzene rings is 1. The molecule has 4 rings (SSSR count). The Labute approximate surface area is 161 Å². The molecular formula is C21H30N6. The molecule has 0 bridgehead atoms. The van der Waals surface area contributed by atoms with Crippen LogP contribution in [0, 0.1) is 5.92 Å². The summed E-state index contributed by atoms with van der Waals surface area (Å²) in [5, 5.41) is 11.9. The number of aromatic nitrogens is 3. The summed E-state index contributed by atoms with van der Waals surface area (Å²) >= 11 is 0. The van der Waals surface area contributed by atoms with Crippen LogP contribution in [0.4, 0.5) is 0 Å². The standard InChI is InChI=1S/C21H30N6/c1-14(2)20-25-19-10-9-17(13-27(19)26-20)23-21(22-3)24-18-12-16(18)11-15-7-5-4-6-8-15/h4-8,14,16-18H,9-13H2,1-3H3,(H2,22,23,24). The van der Waals surface area contributed by atoms with Gasteiger partial charge in [-0.3, -0.25) is 4.99 Å². The topological polar surface area (TPSA) is 67.1 Å². The average Bonchev–Trinajstić information content (AvgIpc) is 3.24. The molecule has 2 aliphatic rings. The molecule has 0 spiro atoms. The summed E-state index contributed by atoms with van der Waals surface area (Å²) < 4.78 is 2.07. The summed E-state index contributed by atoms with van der Waals surface area (Å²) in [5.41, 5.74) is 1.42. The van der Waals surface area contributed by atoms with E-state index in [2.05, 4.69) is 74.6 Å². The van der Waals surface area contributed by atoms with Gasteiger partial charge in [0.15, 0.2) is 11.8 Å². The van der Waals surface area contributed by atoms with Crippen molar-refractivity contribution in [2.75, 3.05) is 7.05 Å². The summed E-state index contributed by atoms with van der Waals surface area (Å²) in [7, 11) is 1.85. The highest BCUT2D eigenvalue weighted by atomic mass is 15.4. The predicted molar refractivity (Wildman–Crippen MR) is 108 cm³/mol. The Hall–Kier alpha value is -2.37. The molecule has 0 saturated heterocycles. The van der Waals surface area contributed by atoms with Crippen LogP contribution in [0.2, 0.25) is 0 Å². The van der Waals surface area contributed by atoms with E-state index in [1.165, 1.54) is 12.0 Å². The molecule has 27 heavy (non-hydrogen) atoms. The molecule has 6 heteroatoms. The number of aliphatic imine (C=N–C) groups is 1. The highest BCUT2D eigenvalue weighted by Gasteiger charge is 2.37. The van der Waals surface area contributed by atoms with Crippen molar-refractivity contribution < 1.29 is 0 Å². The molecule has 0 amide bonds. The second-order valence-corrected chi connectivity index (χ2v) is 8.11. The van der Waals surface area contributed by atoms with Crippen LogP contribution in [0.15, 0.2) is 35.3 Å². The molecular weight excluding hydrogens is 336 g/mol. The van der Waals surface area contributed by atoms with Crippen LogP contribution >= 0.6 is 0 Å². The molecule has 1 saturated carbocycles. The fourth-order valence-corrected chi connectivity index (χ4v) is 3.80. The van der Waals surface area contributed by atoms with Gasteiger partial charge < -0.3 is 10.6 Å². The van der Waals surface area contributed by atoms with Gasteiger partial charge in [0.25, 0.3) is 0 Å². The Morgan fingerprint density at radius 3 is 2.81 bits per heavy atom. The molecule has 1 aliphatic carbocycles. The summed E-state index contributed by atoms with van der Waals surface area (Å²) in [6.45, 7) is 5.14. The molecule has 1 aromatic heterocycles.